The van der Waals surface area contributed by atoms with Gasteiger partial charge in [-0.15, -0.1) is 0 Å². The minimum atomic E-state index is -0.286. The van der Waals surface area contributed by atoms with Crippen molar-refractivity contribution in [1.82, 2.24) is 5.48 Å². The standard InChI is InChI=1S/C13H19NO3/c1-10(2)8-17-14-13(15)9-16-12-6-4-11(3)5-7-12/h4-7,10H,8-9H2,1-3H3,(H,14,15). The third kappa shape index (κ3) is 5.92. The van der Waals surface area contributed by atoms with Crippen LogP contribution in [0, 0.1) is 12.8 Å². The quantitative estimate of drug-likeness (QED) is 0.770. The first kappa shape index (κ1) is 13.5. The van der Waals surface area contributed by atoms with Crippen molar-refractivity contribution in [3.05, 3.63) is 29.8 Å². The minimum Gasteiger partial charge on any atom is -0.484 e. The molecule has 0 unspecified atom stereocenters. The summed E-state index contributed by atoms with van der Waals surface area (Å²) in [4.78, 5) is 16.3. The zero-order valence-corrected chi connectivity index (χ0v) is 10.5. The van der Waals surface area contributed by atoms with Crippen LogP contribution in [0.1, 0.15) is 19.4 Å². The highest BCUT2D eigenvalue weighted by molar-refractivity contribution is 5.76. The zero-order chi connectivity index (χ0) is 12.7. The Kier molecular flexibility index (Phi) is 5.49. The second-order valence-corrected chi connectivity index (χ2v) is 4.33. The Bertz CT molecular complexity index is 346. The number of hydrogen-bond donors (Lipinski definition) is 1. The molecule has 1 amide bonds. The van der Waals surface area contributed by atoms with Crippen molar-refractivity contribution in [2.24, 2.45) is 5.92 Å². The van der Waals surface area contributed by atoms with Crippen LogP contribution in [0.3, 0.4) is 0 Å². The highest BCUT2D eigenvalue weighted by Gasteiger charge is 2.03. The van der Waals surface area contributed by atoms with E-state index in [9.17, 15) is 4.79 Å². The molecule has 1 N–H and O–H groups in total. The van der Waals surface area contributed by atoms with Gasteiger partial charge in [-0.25, -0.2) is 5.48 Å². The Morgan fingerprint density at radius 3 is 2.53 bits per heavy atom. The molecule has 0 radical (unpaired) electrons. The molecular formula is C13H19NO3. The second kappa shape index (κ2) is 6.91. The van der Waals surface area contributed by atoms with Gasteiger partial charge in [-0.05, 0) is 25.0 Å². The summed E-state index contributed by atoms with van der Waals surface area (Å²) in [5, 5.41) is 0. The number of benzene rings is 1. The molecule has 17 heavy (non-hydrogen) atoms. The molecule has 0 aliphatic rings. The van der Waals surface area contributed by atoms with Crippen LogP contribution >= 0.6 is 0 Å². The fourth-order valence-electron chi connectivity index (χ4n) is 1.10. The van der Waals surface area contributed by atoms with Crippen LogP contribution < -0.4 is 10.2 Å². The molecule has 0 aromatic heterocycles. The molecule has 94 valence electrons. The monoisotopic (exact) mass is 237 g/mol. The number of aryl methyl sites for hydroxylation is 1. The number of hydrogen-bond acceptors (Lipinski definition) is 3. The van der Waals surface area contributed by atoms with Gasteiger partial charge in [0.1, 0.15) is 5.75 Å². The van der Waals surface area contributed by atoms with Gasteiger partial charge in [0.15, 0.2) is 6.61 Å². The lowest BCUT2D eigenvalue weighted by Crippen LogP contribution is -2.30. The molecule has 1 aromatic rings. The highest BCUT2D eigenvalue weighted by Crippen LogP contribution is 2.10. The third-order valence-electron chi connectivity index (χ3n) is 1.99. The predicted octanol–water partition coefficient (Wildman–Crippen LogP) is 2.08. The molecular weight excluding hydrogens is 218 g/mol. The number of carbonyl (C=O) groups excluding carboxylic acids is 1. The predicted molar refractivity (Wildman–Crippen MR) is 65.6 cm³/mol. The largest absolute Gasteiger partial charge is 0.484 e. The van der Waals surface area contributed by atoms with Gasteiger partial charge in [0.25, 0.3) is 5.91 Å². The fourth-order valence-corrected chi connectivity index (χ4v) is 1.10. The topological polar surface area (TPSA) is 47.6 Å². The van der Waals surface area contributed by atoms with E-state index in [4.69, 9.17) is 9.57 Å². The second-order valence-electron chi connectivity index (χ2n) is 4.33. The number of ether oxygens (including phenoxy) is 1. The number of nitrogens with one attached hydrogen (secondary N) is 1. The summed E-state index contributed by atoms with van der Waals surface area (Å²) >= 11 is 0. The molecule has 0 spiro atoms. The van der Waals surface area contributed by atoms with Crippen LogP contribution in [-0.2, 0) is 9.63 Å². The van der Waals surface area contributed by atoms with E-state index in [1.54, 1.807) is 0 Å². The van der Waals surface area contributed by atoms with E-state index >= 15 is 0 Å². The van der Waals surface area contributed by atoms with Gasteiger partial charge in [0.2, 0.25) is 0 Å². The van der Waals surface area contributed by atoms with Crippen LogP contribution in [0.4, 0.5) is 0 Å². The minimum absolute atomic E-state index is 0.0405. The van der Waals surface area contributed by atoms with E-state index in [1.807, 2.05) is 45.0 Å². The molecule has 0 fully saturated rings. The first-order valence-electron chi connectivity index (χ1n) is 5.68. The van der Waals surface area contributed by atoms with E-state index in [2.05, 4.69) is 5.48 Å². The van der Waals surface area contributed by atoms with E-state index in [0.717, 1.165) is 5.56 Å². The first-order valence-corrected chi connectivity index (χ1v) is 5.68. The lowest BCUT2D eigenvalue weighted by Gasteiger charge is -2.09. The molecule has 0 aliphatic heterocycles. The molecule has 0 atom stereocenters. The molecule has 4 nitrogen and oxygen atoms in total. The lowest BCUT2D eigenvalue weighted by atomic mass is 10.2. The van der Waals surface area contributed by atoms with Crippen molar-refractivity contribution in [3.63, 3.8) is 0 Å². The van der Waals surface area contributed by atoms with E-state index in [1.165, 1.54) is 0 Å². The van der Waals surface area contributed by atoms with Gasteiger partial charge >= 0.3 is 0 Å². The molecule has 0 heterocycles. The molecule has 0 saturated heterocycles. The Hall–Kier alpha value is -1.55. The SMILES string of the molecule is Cc1ccc(OCC(=O)NOCC(C)C)cc1. The molecule has 0 saturated carbocycles. The van der Waals surface area contributed by atoms with E-state index < -0.39 is 0 Å². The Morgan fingerprint density at radius 2 is 1.94 bits per heavy atom. The van der Waals surface area contributed by atoms with Crippen molar-refractivity contribution in [1.29, 1.82) is 0 Å². The van der Waals surface area contributed by atoms with Gasteiger partial charge in [0, 0.05) is 0 Å². The summed E-state index contributed by atoms with van der Waals surface area (Å²) in [6.07, 6.45) is 0. The summed E-state index contributed by atoms with van der Waals surface area (Å²) in [6.45, 7) is 6.47. The van der Waals surface area contributed by atoms with Crippen molar-refractivity contribution in [2.45, 2.75) is 20.8 Å². The maximum atomic E-state index is 11.3. The fraction of sp³-hybridized carbons (Fsp3) is 0.462. The van der Waals surface area contributed by atoms with Gasteiger partial charge < -0.3 is 4.74 Å². The summed E-state index contributed by atoms with van der Waals surface area (Å²) in [5.41, 5.74) is 3.49. The zero-order valence-electron chi connectivity index (χ0n) is 10.5. The van der Waals surface area contributed by atoms with Crippen molar-refractivity contribution in [3.8, 4) is 5.75 Å². The molecule has 0 aliphatic carbocycles. The van der Waals surface area contributed by atoms with Gasteiger partial charge in [-0.1, -0.05) is 31.5 Å². The van der Waals surface area contributed by atoms with Crippen LogP contribution in [0.5, 0.6) is 5.75 Å². The maximum Gasteiger partial charge on any atom is 0.281 e. The first-order chi connectivity index (χ1) is 8.08. The molecule has 1 aromatic carbocycles. The van der Waals surface area contributed by atoms with Crippen molar-refractivity contribution in [2.75, 3.05) is 13.2 Å². The van der Waals surface area contributed by atoms with Crippen molar-refractivity contribution < 1.29 is 14.4 Å². The Morgan fingerprint density at radius 1 is 1.29 bits per heavy atom. The summed E-state index contributed by atoms with van der Waals surface area (Å²) in [7, 11) is 0. The number of rotatable bonds is 6. The van der Waals surface area contributed by atoms with Gasteiger partial charge in [0.05, 0.1) is 6.61 Å². The van der Waals surface area contributed by atoms with E-state index in [-0.39, 0.29) is 12.5 Å². The average molecular weight is 237 g/mol. The van der Waals surface area contributed by atoms with Crippen LogP contribution in [0.15, 0.2) is 24.3 Å². The van der Waals surface area contributed by atoms with Crippen LogP contribution in [0.2, 0.25) is 0 Å². The summed E-state index contributed by atoms with van der Waals surface area (Å²) < 4.78 is 5.29. The summed E-state index contributed by atoms with van der Waals surface area (Å²) in [6, 6.07) is 7.53. The Labute approximate surface area is 102 Å². The normalized spacial score (nSPS) is 10.4. The maximum absolute atomic E-state index is 11.3. The third-order valence-corrected chi connectivity index (χ3v) is 1.99. The smallest absolute Gasteiger partial charge is 0.281 e. The molecule has 1 rings (SSSR count). The Balaban J connectivity index is 2.21. The average Bonchev–Trinajstić information content (AvgIpc) is 2.28. The molecule has 4 heteroatoms. The van der Waals surface area contributed by atoms with Gasteiger partial charge in [-0.3, -0.25) is 9.63 Å². The van der Waals surface area contributed by atoms with Crippen LogP contribution in [-0.4, -0.2) is 19.1 Å². The number of carbonyl (C=O) groups is 1. The van der Waals surface area contributed by atoms with Gasteiger partial charge in [-0.2, -0.15) is 0 Å². The number of hydroxylamine groups is 1. The van der Waals surface area contributed by atoms with Crippen molar-refractivity contribution >= 4 is 5.91 Å². The number of amides is 1. The van der Waals surface area contributed by atoms with Crippen LogP contribution in [0.25, 0.3) is 0 Å². The highest BCUT2D eigenvalue weighted by atomic mass is 16.7. The molecule has 0 bridgehead atoms. The lowest BCUT2D eigenvalue weighted by molar-refractivity contribution is -0.136. The summed E-state index contributed by atoms with van der Waals surface area (Å²) in [5.74, 6) is 0.772. The van der Waals surface area contributed by atoms with E-state index in [0.29, 0.717) is 18.3 Å².